The molecule has 0 amide bonds. The standard InChI is InChI=1S/C14H16BrN3/c1-2-18(10-12-3-5-16-6-4-12)11-13-7-14(15)9-17-8-13/h3-9H,2,10-11H2,1H3. The number of hydrogen-bond donors (Lipinski definition) is 0. The molecule has 4 heteroatoms. The van der Waals surface area contributed by atoms with Crippen LogP contribution in [0.5, 0.6) is 0 Å². The largest absolute Gasteiger partial charge is 0.295 e. The number of pyridine rings is 2. The summed E-state index contributed by atoms with van der Waals surface area (Å²) in [5.74, 6) is 0. The Balaban J connectivity index is 2.01. The van der Waals surface area contributed by atoms with Gasteiger partial charge in [0.15, 0.2) is 0 Å². The van der Waals surface area contributed by atoms with Gasteiger partial charge in [-0.05, 0) is 51.8 Å². The minimum absolute atomic E-state index is 0.908. The van der Waals surface area contributed by atoms with Gasteiger partial charge in [0.25, 0.3) is 0 Å². The first-order valence-electron chi connectivity index (χ1n) is 5.98. The highest BCUT2D eigenvalue weighted by Crippen LogP contribution is 2.13. The van der Waals surface area contributed by atoms with Crippen molar-refractivity contribution in [3.8, 4) is 0 Å². The van der Waals surface area contributed by atoms with Crippen LogP contribution in [0.1, 0.15) is 18.1 Å². The van der Waals surface area contributed by atoms with Crippen LogP contribution in [0, 0.1) is 0 Å². The summed E-state index contributed by atoms with van der Waals surface area (Å²) in [4.78, 5) is 10.6. The lowest BCUT2D eigenvalue weighted by molar-refractivity contribution is 0.271. The molecule has 2 rings (SSSR count). The molecule has 0 aliphatic carbocycles. The summed E-state index contributed by atoms with van der Waals surface area (Å²) in [6.45, 7) is 5.03. The molecule has 0 saturated carbocycles. The maximum Gasteiger partial charge on any atom is 0.0410 e. The fourth-order valence-electron chi connectivity index (χ4n) is 1.83. The third kappa shape index (κ3) is 3.89. The van der Waals surface area contributed by atoms with E-state index in [0.717, 1.165) is 24.1 Å². The fourth-order valence-corrected chi connectivity index (χ4v) is 2.24. The molecule has 0 radical (unpaired) electrons. The van der Waals surface area contributed by atoms with Crippen LogP contribution in [0.15, 0.2) is 47.5 Å². The predicted octanol–water partition coefficient (Wildman–Crippen LogP) is 3.26. The first-order chi connectivity index (χ1) is 8.78. The molecule has 18 heavy (non-hydrogen) atoms. The minimum atomic E-state index is 0.908. The molecule has 0 spiro atoms. The van der Waals surface area contributed by atoms with Crippen molar-refractivity contribution in [3.63, 3.8) is 0 Å². The summed E-state index contributed by atoms with van der Waals surface area (Å²) in [5, 5.41) is 0. The van der Waals surface area contributed by atoms with Crippen LogP contribution < -0.4 is 0 Å². The highest BCUT2D eigenvalue weighted by atomic mass is 79.9. The number of nitrogens with zero attached hydrogens (tertiary/aromatic N) is 3. The molecule has 0 atom stereocenters. The maximum absolute atomic E-state index is 4.20. The summed E-state index contributed by atoms with van der Waals surface area (Å²) in [6.07, 6.45) is 7.40. The summed E-state index contributed by atoms with van der Waals surface area (Å²) in [5.41, 5.74) is 2.51. The van der Waals surface area contributed by atoms with Crippen LogP contribution in [0.4, 0.5) is 0 Å². The SMILES string of the molecule is CCN(Cc1ccncc1)Cc1cncc(Br)c1. The van der Waals surface area contributed by atoms with Crippen molar-refractivity contribution >= 4 is 15.9 Å². The minimum Gasteiger partial charge on any atom is -0.295 e. The van der Waals surface area contributed by atoms with Crippen LogP contribution in [-0.4, -0.2) is 21.4 Å². The molecule has 2 aromatic heterocycles. The van der Waals surface area contributed by atoms with Gasteiger partial charge in [-0.2, -0.15) is 0 Å². The number of hydrogen-bond acceptors (Lipinski definition) is 3. The Hall–Kier alpha value is -1.26. The molecular formula is C14H16BrN3. The van der Waals surface area contributed by atoms with E-state index in [9.17, 15) is 0 Å². The highest BCUT2D eigenvalue weighted by Gasteiger charge is 2.05. The summed E-state index contributed by atoms with van der Waals surface area (Å²) < 4.78 is 1.03. The van der Waals surface area contributed by atoms with Crippen LogP contribution in [-0.2, 0) is 13.1 Å². The molecule has 0 saturated heterocycles. The van der Waals surface area contributed by atoms with E-state index >= 15 is 0 Å². The van der Waals surface area contributed by atoms with E-state index < -0.39 is 0 Å². The van der Waals surface area contributed by atoms with Crippen molar-refractivity contribution in [1.29, 1.82) is 0 Å². The van der Waals surface area contributed by atoms with Crippen LogP contribution >= 0.6 is 15.9 Å². The molecule has 0 N–H and O–H groups in total. The van der Waals surface area contributed by atoms with Gasteiger partial charge in [0.2, 0.25) is 0 Å². The normalized spacial score (nSPS) is 10.8. The third-order valence-corrected chi connectivity index (χ3v) is 3.20. The number of aromatic nitrogens is 2. The molecule has 0 aliphatic heterocycles. The van der Waals surface area contributed by atoms with Gasteiger partial charge in [-0.1, -0.05) is 6.92 Å². The zero-order valence-corrected chi connectivity index (χ0v) is 12.0. The van der Waals surface area contributed by atoms with Gasteiger partial charge in [0.05, 0.1) is 0 Å². The van der Waals surface area contributed by atoms with Gasteiger partial charge in [0.1, 0.15) is 0 Å². The second-order valence-corrected chi connectivity index (χ2v) is 5.09. The van der Waals surface area contributed by atoms with E-state index in [2.05, 4.69) is 55.9 Å². The van der Waals surface area contributed by atoms with Gasteiger partial charge < -0.3 is 0 Å². The van der Waals surface area contributed by atoms with Gasteiger partial charge in [0, 0.05) is 42.3 Å². The topological polar surface area (TPSA) is 29.0 Å². The van der Waals surface area contributed by atoms with E-state index in [1.54, 1.807) is 0 Å². The Kier molecular flexibility index (Phi) is 4.84. The molecule has 3 nitrogen and oxygen atoms in total. The molecule has 2 aromatic rings. The Morgan fingerprint density at radius 1 is 1.06 bits per heavy atom. The van der Waals surface area contributed by atoms with E-state index in [-0.39, 0.29) is 0 Å². The second kappa shape index (κ2) is 6.61. The molecule has 0 aliphatic rings. The van der Waals surface area contributed by atoms with Crippen molar-refractivity contribution < 1.29 is 0 Å². The molecular weight excluding hydrogens is 290 g/mol. The van der Waals surface area contributed by atoms with E-state index in [1.807, 2.05) is 24.8 Å². The van der Waals surface area contributed by atoms with E-state index in [0.29, 0.717) is 0 Å². The smallest absolute Gasteiger partial charge is 0.0410 e. The van der Waals surface area contributed by atoms with Gasteiger partial charge >= 0.3 is 0 Å². The van der Waals surface area contributed by atoms with Crippen LogP contribution in [0.2, 0.25) is 0 Å². The maximum atomic E-state index is 4.20. The van der Waals surface area contributed by atoms with Crippen molar-refractivity contribution in [3.05, 3.63) is 58.6 Å². The first kappa shape index (κ1) is 13.2. The first-order valence-corrected chi connectivity index (χ1v) is 6.78. The summed E-state index contributed by atoms with van der Waals surface area (Å²) in [6, 6.07) is 6.23. The Bertz CT molecular complexity index is 487. The fraction of sp³-hybridized carbons (Fsp3) is 0.286. The van der Waals surface area contributed by atoms with Gasteiger partial charge in [-0.25, -0.2) is 0 Å². The Morgan fingerprint density at radius 2 is 1.78 bits per heavy atom. The average Bonchev–Trinajstić information content (AvgIpc) is 2.39. The quantitative estimate of drug-likeness (QED) is 0.849. The van der Waals surface area contributed by atoms with Gasteiger partial charge in [-0.3, -0.25) is 14.9 Å². The zero-order valence-electron chi connectivity index (χ0n) is 10.4. The van der Waals surface area contributed by atoms with Crippen molar-refractivity contribution in [1.82, 2.24) is 14.9 Å². The molecule has 2 heterocycles. The lowest BCUT2D eigenvalue weighted by atomic mass is 10.2. The van der Waals surface area contributed by atoms with E-state index in [4.69, 9.17) is 0 Å². The van der Waals surface area contributed by atoms with Crippen LogP contribution in [0.25, 0.3) is 0 Å². The van der Waals surface area contributed by atoms with Gasteiger partial charge in [-0.15, -0.1) is 0 Å². The van der Waals surface area contributed by atoms with Crippen molar-refractivity contribution in [2.75, 3.05) is 6.54 Å². The molecule has 0 fully saturated rings. The molecule has 0 bridgehead atoms. The van der Waals surface area contributed by atoms with E-state index in [1.165, 1.54) is 11.1 Å². The third-order valence-electron chi connectivity index (χ3n) is 2.77. The average molecular weight is 306 g/mol. The summed E-state index contributed by atoms with van der Waals surface area (Å²) >= 11 is 3.45. The second-order valence-electron chi connectivity index (χ2n) is 4.17. The monoisotopic (exact) mass is 305 g/mol. The number of rotatable bonds is 5. The lowest BCUT2D eigenvalue weighted by Gasteiger charge is -2.20. The van der Waals surface area contributed by atoms with Crippen molar-refractivity contribution in [2.24, 2.45) is 0 Å². The Morgan fingerprint density at radius 3 is 2.44 bits per heavy atom. The predicted molar refractivity (Wildman–Crippen MR) is 76.0 cm³/mol. The number of halogens is 1. The highest BCUT2D eigenvalue weighted by molar-refractivity contribution is 9.10. The van der Waals surface area contributed by atoms with Crippen LogP contribution in [0.3, 0.4) is 0 Å². The summed E-state index contributed by atoms with van der Waals surface area (Å²) in [7, 11) is 0. The molecule has 0 unspecified atom stereocenters. The zero-order chi connectivity index (χ0) is 12.8. The molecule has 0 aromatic carbocycles. The molecule has 94 valence electrons. The van der Waals surface area contributed by atoms with Crippen molar-refractivity contribution in [2.45, 2.75) is 20.0 Å². The Labute approximate surface area is 116 Å². The lowest BCUT2D eigenvalue weighted by Crippen LogP contribution is -2.22.